The van der Waals surface area contributed by atoms with Crippen LogP contribution < -0.4 is 10.7 Å². The molecule has 0 amide bonds. The first-order valence-corrected chi connectivity index (χ1v) is 12.7. The van der Waals surface area contributed by atoms with Gasteiger partial charge in [0.15, 0.2) is 5.43 Å². The number of carbonyl (C=O) groups is 2. The molecule has 9 heteroatoms. The van der Waals surface area contributed by atoms with E-state index in [1.54, 1.807) is 39.0 Å². The number of nitrogens with zero attached hydrogens (tertiary/aromatic N) is 2. The number of fused-ring (bicyclic) bond motifs is 1. The largest absolute Gasteiger partial charge is 0.461 e. The summed E-state index contributed by atoms with van der Waals surface area (Å²) in [6.07, 6.45) is -0.00606. The Morgan fingerprint density at radius 1 is 0.875 bits per heavy atom. The molecule has 4 rings (SSSR count). The smallest absolute Gasteiger partial charge is 0.336 e. The summed E-state index contributed by atoms with van der Waals surface area (Å²) in [7, 11) is 0. The third kappa shape index (κ3) is 5.36. The fraction of sp³-hybridized carbons (Fsp3) is 0.258. The molecule has 0 aliphatic carbocycles. The van der Waals surface area contributed by atoms with E-state index >= 15 is 0 Å². The molecular formula is C31H27N3O6. The van der Waals surface area contributed by atoms with Gasteiger partial charge in [-0.05, 0) is 26.8 Å². The SMILES string of the molecule is CC1=C(C(=O)OCCC#N)C(c2cccc3c(=O)c(C)c(-c4ccccc4)oc23)C(C(=O)OCCC#N)=C(C)N1. The summed E-state index contributed by atoms with van der Waals surface area (Å²) in [5, 5.41) is 21.2. The Hall–Kier alpha value is -5.15. The fourth-order valence-electron chi connectivity index (χ4n) is 4.80. The first-order chi connectivity index (χ1) is 19.3. The second-order valence-electron chi connectivity index (χ2n) is 9.20. The van der Waals surface area contributed by atoms with Crippen LogP contribution in [0.5, 0.6) is 0 Å². The van der Waals surface area contributed by atoms with Gasteiger partial charge in [0, 0.05) is 28.1 Å². The molecule has 0 saturated heterocycles. The quantitative estimate of drug-likeness (QED) is 0.313. The monoisotopic (exact) mass is 537 g/mol. The maximum absolute atomic E-state index is 13.5. The summed E-state index contributed by atoms with van der Waals surface area (Å²) < 4.78 is 17.2. The Bertz CT molecular complexity index is 1630. The van der Waals surface area contributed by atoms with Crippen molar-refractivity contribution in [3.63, 3.8) is 0 Å². The molecule has 2 aromatic carbocycles. The number of benzene rings is 2. The molecule has 0 spiro atoms. The molecule has 40 heavy (non-hydrogen) atoms. The van der Waals surface area contributed by atoms with E-state index in [1.165, 1.54) is 0 Å². The van der Waals surface area contributed by atoms with E-state index in [0.29, 0.717) is 33.8 Å². The maximum Gasteiger partial charge on any atom is 0.336 e. The van der Waals surface area contributed by atoms with Gasteiger partial charge in [-0.1, -0.05) is 42.5 Å². The average Bonchev–Trinajstić information content (AvgIpc) is 2.94. The summed E-state index contributed by atoms with van der Waals surface area (Å²) in [6, 6.07) is 18.0. The second-order valence-corrected chi connectivity index (χ2v) is 9.20. The number of dihydropyridines is 1. The Kier molecular flexibility index (Phi) is 8.46. The number of para-hydroxylation sites is 1. The molecule has 0 radical (unpaired) electrons. The summed E-state index contributed by atoms with van der Waals surface area (Å²) in [6.45, 7) is 4.78. The van der Waals surface area contributed by atoms with E-state index in [1.807, 2.05) is 42.5 Å². The zero-order valence-electron chi connectivity index (χ0n) is 22.4. The van der Waals surface area contributed by atoms with Crippen molar-refractivity contribution in [2.24, 2.45) is 0 Å². The van der Waals surface area contributed by atoms with Gasteiger partial charge in [0.05, 0.1) is 47.4 Å². The summed E-state index contributed by atoms with van der Waals surface area (Å²) in [5.41, 5.74) is 2.60. The first kappa shape index (κ1) is 27.9. The minimum absolute atomic E-state index is 0.00303. The van der Waals surface area contributed by atoms with Crippen LogP contribution >= 0.6 is 0 Å². The van der Waals surface area contributed by atoms with Crippen LogP contribution in [0.4, 0.5) is 0 Å². The zero-order chi connectivity index (χ0) is 28.8. The third-order valence-corrected chi connectivity index (χ3v) is 6.62. The minimum Gasteiger partial charge on any atom is -0.461 e. The third-order valence-electron chi connectivity index (χ3n) is 6.62. The molecule has 0 atom stereocenters. The lowest BCUT2D eigenvalue weighted by atomic mass is 9.79. The fourth-order valence-corrected chi connectivity index (χ4v) is 4.80. The average molecular weight is 538 g/mol. The van der Waals surface area contributed by atoms with Crippen LogP contribution in [0.1, 0.15) is 43.7 Å². The number of carbonyl (C=O) groups excluding carboxylic acids is 2. The molecule has 1 aliphatic heterocycles. The molecule has 0 saturated carbocycles. The predicted octanol–water partition coefficient (Wildman–Crippen LogP) is 4.92. The Morgan fingerprint density at radius 3 is 2.00 bits per heavy atom. The van der Waals surface area contributed by atoms with Crippen LogP contribution in [-0.2, 0) is 19.1 Å². The number of esters is 2. The van der Waals surface area contributed by atoms with Crippen LogP contribution in [0, 0.1) is 29.6 Å². The van der Waals surface area contributed by atoms with Crippen molar-refractivity contribution in [1.29, 1.82) is 10.5 Å². The van der Waals surface area contributed by atoms with Gasteiger partial charge < -0.3 is 19.2 Å². The molecule has 9 nitrogen and oxygen atoms in total. The summed E-state index contributed by atoms with van der Waals surface area (Å²) >= 11 is 0. The molecular weight excluding hydrogens is 510 g/mol. The van der Waals surface area contributed by atoms with Crippen LogP contribution in [0.25, 0.3) is 22.3 Å². The molecule has 202 valence electrons. The lowest BCUT2D eigenvalue weighted by Gasteiger charge is -2.30. The number of nitrogens with one attached hydrogen (secondary N) is 1. The van der Waals surface area contributed by atoms with Crippen molar-refractivity contribution in [3.05, 3.63) is 92.4 Å². The van der Waals surface area contributed by atoms with E-state index in [2.05, 4.69) is 5.32 Å². The molecule has 1 aliphatic rings. The van der Waals surface area contributed by atoms with Crippen LogP contribution in [0.2, 0.25) is 0 Å². The van der Waals surface area contributed by atoms with Gasteiger partial charge in [-0.2, -0.15) is 10.5 Å². The molecule has 0 bridgehead atoms. The van der Waals surface area contributed by atoms with Crippen molar-refractivity contribution < 1.29 is 23.5 Å². The van der Waals surface area contributed by atoms with Crippen molar-refractivity contribution in [3.8, 4) is 23.5 Å². The molecule has 3 aromatic rings. The van der Waals surface area contributed by atoms with Gasteiger partial charge in [-0.25, -0.2) is 9.59 Å². The van der Waals surface area contributed by atoms with Crippen molar-refractivity contribution in [1.82, 2.24) is 5.32 Å². The zero-order valence-corrected chi connectivity index (χ0v) is 22.4. The molecule has 1 N–H and O–H groups in total. The summed E-state index contributed by atoms with van der Waals surface area (Å²) in [4.78, 5) is 40.3. The van der Waals surface area contributed by atoms with Crippen molar-refractivity contribution >= 4 is 22.9 Å². The lowest BCUT2D eigenvalue weighted by molar-refractivity contribution is -0.139. The van der Waals surface area contributed by atoms with Gasteiger partial charge in [0.2, 0.25) is 0 Å². The molecule has 0 fully saturated rings. The second kappa shape index (κ2) is 12.1. The topological polar surface area (TPSA) is 142 Å². The standard InChI is InChI=1S/C31H27N3O6/c1-18-27(35)23-13-7-12-22(29(23)40-28(18)21-10-5-4-6-11-21)26-24(30(36)38-16-8-14-32)19(2)34-20(3)25(26)31(37)39-17-9-15-33/h4-7,10-13,26,34H,8-9,16-17H2,1-3H3. The highest BCUT2D eigenvalue weighted by molar-refractivity contribution is 6.01. The normalized spacial score (nSPS) is 13.4. The highest BCUT2D eigenvalue weighted by Crippen LogP contribution is 2.42. The molecule has 1 aromatic heterocycles. The Morgan fingerprint density at radius 2 is 1.45 bits per heavy atom. The highest BCUT2D eigenvalue weighted by atomic mass is 16.5. The number of hydrogen-bond donors (Lipinski definition) is 1. The van der Waals surface area contributed by atoms with Crippen LogP contribution in [0.3, 0.4) is 0 Å². The van der Waals surface area contributed by atoms with E-state index < -0.39 is 17.9 Å². The van der Waals surface area contributed by atoms with Crippen molar-refractivity contribution in [2.45, 2.75) is 39.5 Å². The number of rotatable bonds is 8. The highest BCUT2D eigenvalue weighted by Gasteiger charge is 2.39. The van der Waals surface area contributed by atoms with Gasteiger partial charge in [0.1, 0.15) is 24.6 Å². The van der Waals surface area contributed by atoms with Crippen LogP contribution in [0.15, 0.2) is 80.3 Å². The van der Waals surface area contributed by atoms with Gasteiger partial charge in [-0.15, -0.1) is 0 Å². The number of hydrogen-bond acceptors (Lipinski definition) is 9. The number of nitriles is 2. The Balaban J connectivity index is 1.98. The maximum atomic E-state index is 13.5. The van der Waals surface area contributed by atoms with Gasteiger partial charge in [-0.3, -0.25) is 4.79 Å². The van der Waals surface area contributed by atoms with E-state index in [-0.39, 0.29) is 53.6 Å². The van der Waals surface area contributed by atoms with Gasteiger partial charge >= 0.3 is 11.9 Å². The van der Waals surface area contributed by atoms with Gasteiger partial charge in [0.25, 0.3) is 0 Å². The molecule has 0 unspecified atom stereocenters. The lowest BCUT2D eigenvalue weighted by Crippen LogP contribution is -2.33. The molecule has 2 heterocycles. The minimum atomic E-state index is -1.02. The predicted molar refractivity (Wildman–Crippen MR) is 146 cm³/mol. The van der Waals surface area contributed by atoms with E-state index in [9.17, 15) is 14.4 Å². The van der Waals surface area contributed by atoms with E-state index in [0.717, 1.165) is 0 Å². The number of ether oxygens (including phenoxy) is 2. The van der Waals surface area contributed by atoms with Crippen LogP contribution in [-0.4, -0.2) is 25.2 Å². The first-order valence-electron chi connectivity index (χ1n) is 12.7. The Labute approximate surface area is 230 Å². The van der Waals surface area contributed by atoms with Crippen molar-refractivity contribution in [2.75, 3.05) is 13.2 Å². The van der Waals surface area contributed by atoms with E-state index in [4.69, 9.17) is 24.4 Å². The number of allylic oxidation sites excluding steroid dienone is 2. The summed E-state index contributed by atoms with van der Waals surface area (Å²) in [5.74, 6) is -2.11.